The second kappa shape index (κ2) is 5.65. The molecule has 110 valence electrons. The monoisotopic (exact) mass is 432 g/mol. The second-order valence-corrected chi connectivity index (χ2v) is 8.06. The number of hydrogen-bond donors (Lipinski definition) is 0. The van der Waals surface area contributed by atoms with Gasteiger partial charge in [-0.3, -0.25) is 4.74 Å². The van der Waals surface area contributed by atoms with Crippen molar-refractivity contribution in [2.45, 2.75) is 24.1 Å². The van der Waals surface area contributed by atoms with Crippen molar-refractivity contribution in [3.63, 3.8) is 0 Å². The Hall–Kier alpha value is 2.00. The molecule has 0 saturated heterocycles. The summed E-state index contributed by atoms with van der Waals surface area (Å²) in [5.74, 6) is 0. The Labute approximate surface area is 138 Å². The summed E-state index contributed by atoms with van der Waals surface area (Å²) in [5.41, 5.74) is 0. The molecule has 18 heavy (non-hydrogen) atoms. The van der Waals surface area contributed by atoms with Crippen molar-refractivity contribution < 1.29 is 22.3 Å². The fraction of sp³-hybridized carbons (Fsp3) is 1.00. The maximum atomic E-state index is 13.5. The van der Waals surface area contributed by atoms with Gasteiger partial charge < -0.3 is 0 Å². The summed E-state index contributed by atoms with van der Waals surface area (Å²) in [6.07, 6.45) is -5.39. The third kappa shape index (κ3) is 4.25. The summed E-state index contributed by atoms with van der Waals surface area (Å²) < 4.78 is 44.1. The summed E-state index contributed by atoms with van der Waals surface area (Å²) in [6.45, 7) is 0. The lowest BCUT2D eigenvalue weighted by Gasteiger charge is -2.38. The van der Waals surface area contributed by atoms with E-state index < -0.39 is 24.1 Å². The summed E-state index contributed by atoms with van der Waals surface area (Å²) in [6, 6.07) is 0. The predicted molar refractivity (Wildman–Crippen MR) is 66.0 cm³/mol. The molecule has 13 heteroatoms. The molecule has 0 aromatic rings. The van der Waals surface area contributed by atoms with Gasteiger partial charge in [0.05, 0.1) is 0 Å². The molecule has 0 saturated carbocycles. The molecule has 1 atom stereocenters. The first-order valence-electron chi connectivity index (χ1n) is 3.43. The lowest BCUT2D eigenvalue weighted by molar-refractivity contribution is -0.190. The molecule has 0 aliphatic rings. The van der Waals surface area contributed by atoms with E-state index in [1.807, 2.05) is 0 Å². The Morgan fingerprint density at radius 3 is 1.22 bits per heavy atom. The van der Waals surface area contributed by atoms with Gasteiger partial charge in [-0.15, -0.1) is 0 Å². The Kier molecular flexibility index (Phi) is 6.28. The quantitative estimate of drug-likeness (QED) is 0.384. The molecule has 1 nitrogen and oxygen atoms in total. The van der Waals surface area contributed by atoms with Crippen LogP contribution in [0.25, 0.3) is 0 Å². The molecule has 0 amide bonds. The molecule has 0 aromatic heterocycles. The van der Waals surface area contributed by atoms with E-state index in [1.165, 1.54) is 0 Å². The summed E-state index contributed by atoms with van der Waals surface area (Å²) in [5, 5.41) is -3.82. The molecule has 1 unspecified atom stereocenters. The standard InChI is InChI=1S/C5Cl8F4O/c6-1(7,5(15,16)17)3(11,12)18-4(13,14)2(8,9)10. The maximum Gasteiger partial charge on any atom is 0.426 e. The van der Waals surface area contributed by atoms with E-state index in [0.29, 0.717) is 0 Å². The zero-order valence-electron chi connectivity index (χ0n) is 7.44. The van der Waals surface area contributed by atoms with Gasteiger partial charge in [-0.25, -0.2) is 0 Å². The van der Waals surface area contributed by atoms with Crippen molar-refractivity contribution in [3.8, 4) is 0 Å². The van der Waals surface area contributed by atoms with Crippen LogP contribution in [0.2, 0.25) is 0 Å². The highest BCUT2D eigenvalue weighted by Gasteiger charge is 2.70. The molecular weight excluding hydrogens is 436 g/mol. The van der Waals surface area contributed by atoms with Gasteiger partial charge in [0.1, 0.15) is 0 Å². The SMILES string of the molecule is FC(F)(F)C(Cl)(Cl)C(Cl)(Cl)OC(F)(Cl)C(Cl)(Cl)Cl. The molecular formula is C5Cl8F4O. The number of rotatable bonds is 3. The first-order chi connectivity index (χ1) is 7.46. The molecule has 0 aliphatic carbocycles. The first kappa shape index (κ1) is 20.0. The predicted octanol–water partition coefficient (Wildman–Crippen LogP) is 6.10. The molecule has 0 radical (unpaired) electrons. The van der Waals surface area contributed by atoms with Crippen molar-refractivity contribution in [2.24, 2.45) is 0 Å². The average Bonchev–Trinajstić information content (AvgIpc) is 1.96. The largest absolute Gasteiger partial charge is 0.426 e. The highest BCUT2D eigenvalue weighted by Crippen LogP contribution is 2.57. The van der Waals surface area contributed by atoms with Crippen molar-refractivity contribution >= 4 is 92.8 Å². The van der Waals surface area contributed by atoms with Crippen LogP contribution in [-0.4, -0.2) is 24.1 Å². The number of hydrogen-bond acceptors (Lipinski definition) is 1. The topological polar surface area (TPSA) is 9.23 Å². The highest BCUT2D eigenvalue weighted by molar-refractivity contribution is 6.70. The molecule has 0 fully saturated rings. The molecule has 0 spiro atoms. The number of halogens is 12. The van der Waals surface area contributed by atoms with E-state index in [4.69, 9.17) is 92.8 Å². The molecule has 0 aromatic carbocycles. The summed E-state index contributed by atoms with van der Waals surface area (Å²) >= 11 is 39.8. The minimum absolute atomic E-state index is 3.01. The Morgan fingerprint density at radius 1 is 0.667 bits per heavy atom. The lowest BCUT2D eigenvalue weighted by Crippen LogP contribution is -2.54. The zero-order valence-corrected chi connectivity index (χ0v) is 13.5. The van der Waals surface area contributed by atoms with Gasteiger partial charge in [-0.1, -0.05) is 81.2 Å². The van der Waals surface area contributed by atoms with Crippen LogP contribution in [0.3, 0.4) is 0 Å². The Morgan fingerprint density at radius 2 is 1.00 bits per heavy atom. The molecule has 0 heterocycles. The van der Waals surface area contributed by atoms with E-state index in [9.17, 15) is 17.6 Å². The van der Waals surface area contributed by atoms with E-state index in [-0.39, 0.29) is 0 Å². The van der Waals surface area contributed by atoms with Crippen LogP contribution in [0.1, 0.15) is 0 Å². The van der Waals surface area contributed by atoms with Crippen LogP contribution in [0, 0.1) is 0 Å². The van der Waals surface area contributed by atoms with Gasteiger partial charge in [0.25, 0.3) is 12.6 Å². The van der Waals surface area contributed by atoms with E-state index in [1.54, 1.807) is 0 Å². The van der Waals surface area contributed by atoms with Crippen molar-refractivity contribution in [2.75, 3.05) is 0 Å². The highest BCUT2D eigenvalue weighted by atomic mass is 35.6. The van der Waals surface area contributed by atoms with E-state index in [2.05, 4.69) is 4.74 Å². The van der Waals surface area contributed by atoms with Crippen molar-refractivity contribution in [1.82, 2.24) is 0 Å². The molecule has 0 rings (SSSR count). The van der Waals surface area contributed by atoms with Gasteiger partial charge in [0, 0.05) is 0 Å². The van der Waals surface area contributed by atoms with Crippen molar-refractivity contribution in [3.05, 3.63) is 0 Å². The van der Waals surface area contributed by atoms with Crippen LogP contribution in [0.15, 0.2) is 0 Å². The fourth-order valence-corrected chi connectivity index (χ4v) is 1.26. The van der Waals surface area contributed by atoms with E-state index in [0.717, 1.165) is 0 Å². The minimum atomic E-state index is -5.39. The van der Waals surface area contributed by atoms with Crippen molar-refractivity contribution in [1.29, 1.82) is 0 Å². The number of ether oxygens (including phenoxy) is 1. The van der Waals surface area contributed by atoms with Gasteiger partial charge in [-0.05, 0) is 11.6 Å². The average molecular weight is 436 g/mol. The van der Waals surface area contributed by atoms with Gasteiger partial charge >= 0.3 is 11.5 Å². The third-order valence-electron chi connectivity index (χ3n) is 1.31. The zero-order chi connectivity index (χ0) is 15.2. The molecule has 0 bridgehead atoms. The van der Waals surface area contributed by atoms with Crippen LogP contribution >= 0.6 is 92.8 Å². The third-order valence-corrected chi connectivity index (χ3v) is 4.76. The van der Waals surface area contributed by atoms with Crippen LogP contribution in [0.4, 0.5) is 17.6 Å². The number of alkyl halides is 12. The summed E-state index contributed by atoms with van der Waals surface area (Å²) in [7, 11) is 0. The smallest absolute Gasteiger partial charge is 0.290 e. The van der Waals surface area contributed by atoms with Crippen LogP contribution in [0.5, 0.6) is 0 Å². The van der Waals surface area contributed by atoms with E-state index >= 15 is 0 Å². The maximum absolute atomic E-state index is 13.5. The van der Waals surface area contributed by atoms with Crippen LogP contribution in [-0.2, 0) is 4.74 Å². The molecule has 0 N–H and O–H groups in total. The van der Waals surface area contributed by atoms with Gasteiger partial charge in [0.2, 0.25) is 0 Å². The summed E-state index contributed by atoms with van der Waals surface area (Å²) in [4.78, 5) is 0. The normalized spacial score (nSPS) is 18.7. The van der Waals surface area contributed by atoms with Gasteiger partial charge in [0.15, 0.2) is 0 Å². The minimum Gasteiger partial charge on any atom is -0.290 e. The Bertz CT molecular complexity index is 308. The lowest BCUT2D eigenvalue weighted by atomic mass is 10.4. The fourth-order valence-electron chi connectivity index (χ4n) is 0.448. The second-order valence-electron chi connectivity index (χ2n) is 2.71. The first-order valence-corrected chi connectivity index (χ1v) is 6.45. The molecule has 0 aliphatic heterocycles. The van der Waals surface area contributed by atoms with Crippen LogP contribution < -0.4 is 0 Å². The Balaban J connectivity index is 5.33. The van der Waals surface area contributed by atoms with Gasteiger partial charge in [-0.2, -0.15) is 17.6 Å².